The SMILES string of the molecule is CCN1C(=O)CC(Sc2cc(OC)ccc2N)C1=O. The summed E-state index contributed by atoms with van der Waals surface area (Å²) in [7, 11) is 1.57. The zero-order valence-corrected chi connectivity index (χ0v) is 11.7. The first-order valence-corrected chi connectivity index (χ1v) is 6.89. The van der Waals surface area contributed by atoms with Crippen LogP contribution in [0, 0.1) is 0 Å². The Labute approximate surface area is 116 Å². The summed E-state index contributed by atoms with van der Waals surface area (Å²) in [5.74, 6) is 0.423. The first kappa shape index (κ1) is 13.7. The van der Waals surface area contributed by atoms with Gasteiger partial charge in [-0.3, -0.25) is 14.5 Å². The summed E-state index contributed by atoms with van der Waals surface area (Å²) < 4.78 is 5.13. The Bertz CT molecular complexity index is 519. The van der Waals surface area contributed by atoms with Crippen LogP contribution < -0.4 is 10.5 Å². The van der Waals surface area contributed by atoms with E-state index in [0.29, 0.717) is 18.0 Å². The molecule has 1 atom stereocenters. The number of nitrogen functional groups attached to an aromatic ring is 1. The molecule has 0 aromatic heterocycles. The van der Waals surface area contributed by atoms with Crippen molar-refractivity contribution in [2.24, 2.45) is 0 Å². The molecular formula is C13H16N2O3S. The van der Waals surface area contributed by atoms with Gasteiger partial charge in [0.25, 0.3) is 0 Å². The molecule has 1 heterocycles. The molecule has 1 aromatic rings. The van der Waals surface area contributed by atoms with Crippen molar-refractivity contribution in [1.82, 2.24) is 4.90 Å². The minimum Gasteiger partial charge on any atom is -0.497 e. The van der Waals surface area contributed by atoms with E-state index in [1.807, 2.05) is 0 Å². The predicted octanol–water partition coefficient (Wildman–Crippen LogP) is 1.52. The van der Waals surface area contributed by atoms with Gasteiger partial charge in [0, 0.05) is 23.5 Å². The standard InChI is InChI=1S/C13H16N2O3S/c1-3-15-12(16)7-11(13(15)17)19-10-6-8(18-2)4-5-9(10)14/h4-6,11H,3,7,14H2,1-2H3. The maximum absolute atomic E-state index is 12.0. The highest BCUT2D eigenvalue weighted by Gasteiger charge is 2.38. The van der Waals surface area contributed by atoms with E-state index in [2.05, 4.69) is 0 Å². The van der Waals surface area contributed by atoms with Crippen LogP contribution in [0.3, 0.4) is 0 Å². The number of likely N-dealkylation sites (tertiary alicyclic amines) is 1. The van der Waals surface area contributed by atoms with E-state index in [1.165, 1.54) is 16.7 Å². The molecule has 102 valence electrons. The minimum absolute atomic E-state index is 0.119. The van der Waals surface area contributed by atoms with Crippen molar-refractivity contribution in [2.45, 2.75) is 23.5 Å². The average molecular weight is 280 g/mol. The molecule has 1 fully saturated rings. The van der Waals surface area contributed by atoms with Crippen molar-refractivity contribution < 1.29 is 14.3 Å². The first-order valence-electron chi connectivity index (χ1n) is 6.01. The molecule has 2 rings (SSSR count). The topological polar surface area (TPSA) is 72.6 Å². The van der Waals surface area contributed by atoms with Crippen molar-refractivity contribution in [3.63, 3.8) is 0 Å². The lowest BCUT2D eigenvalue weighted by Crippen LogP contribution is -2.30. The fourth-order valence-corrected chi connectivity index (χ4v) is 3.12. The molecular weight excluding hydrogens is 264 g/mol. The zero-order chi connectivity index (χ0) is 14.0. The van der Waals surface area contributed by atoms with Crippen molar-refractivity contribution in [3.8, 4) is 5.75 Å². The van der Waals surface area contributed by atoms with Crippen LogP contribution in [-0.4, -0.2) is 35.6 Å². The molecule has 0 radical (unpaired) electrons. The van der Waals surface area contributed by atoms with Crippen LogP contribution in [-0.2, 0) is 9.59 Å². The molecule has 0 saturated carbocycles. The highest BCUT2D eigenvalue weighted by Crippen LogP contribution is 2.36. The van der Waals surface area contributed by atoms with Crippen molar-refractivity contribution in [1.29, 1.82) is 0 Å². The third kappa shape index (κ3) is 2.68. The zero-order valence-electron chi connectivity index (χ0n) is 10.9. The Morgan fingerprint density at radius 2 is 2.21 bits per heavy atom. The number of hydrogen-bond donors (Lipinski definition) is 1. The molecule has 1 aliphatic rings. The third-order valence-electron chi connectivity index (χ3n) is 3.01. The number of carbonyl (C=O) groups excluding carboxylic acids is 2. The lowest BCUT2D eigenvalue weighted by molar-refractivity contribution is -0.137. The molecule has 1 aliphatic heterocycles. The van der Waals surface area contributed by atoms with Gasteiger partial charge in [0.1, 0.15) is 5.75 Å². The van der Waals surface area contributed by atoms with E-state index in [0.717, 1.165) is 4.90 Å². The minimum atomic E-state index is -0.387. The molecule has 0 bridgehead atoms. The molecule has 19 heavy (non-hydrogen) atoms. The normalized spacial score (nSPS) is 19.1. The number of amides is 2. The van der Waals surface area contributed by atoms with Crippen molar-refractivity contribution in [2.75, 3.05) is 19.4 Å². The van der Waals surface area contributed by atoms with Crippen LogP contribution in [0.25, 0.3) is 0 Å². The first-order chi connectivity index (χ1) is 9.06. The lowest BCUT2D eigenvalue weighted by Gasteiger charge is -2.13. The van der Waals surface area contributed by atoms with Crippen LogP contribution in [0.4, 0.5) is 5.69 Å². The summed E-state index contributed by atoms with van der Waals surface area (Å²) in [4.78, 5) is 25.7. The van der Waals surface area contributed by atoms with Crippen LogP contribution in [0.2, 0.25) is 0 Å². The molecule has 1 unspecified atom stereocenters. The molecule has 1 aromatic carbocycles. The summed E-state index contributed by atoms with van der Waals surface area (Å²) in [6.07, 6.45) is 0.230. The number of imide groups is 1. The summed E-state index contributed by atoms with van der Waals surface area (Å²) in [5, 5.41) is -0.387. The third-order valence-corrected chi connectivity index (χ3v) is 4.27. The van der Waals surface area contributed by atoms with Gasteiger partial charge >= 0.3 is 0 Å². The quantitative estimate of drug-likeness (QED) is 0.668. The predicted molar refractivity (Wildman–Crippen MR) is 74.1 cm³/mol. The van der Waals surface area contributed by atoms with Gasteiger partial charge in [-0.1, -0.05) is 0 Å². The van der Waals surface area contributed by atoms with Crippen LogP contribution in [0.15, 0.2) is 23.1 Å². The van der Waals surface area contributed by atoms with Gasteiger partial charge in [-0.15, -0.1) is 11.8 Å². The smallest absolute Gasteiger partial charge is 0.243 e. The van der Waals surface area contributed by atoms with Gasteiger partial charge in [-0.25, -0.2) is 0 Å². The van der Waals surface area contributed by atoms with E-state index < -0.39 is 0 Å². The van der Waals surface area contributed by atoms with Gasteiger partial charge < -0.3 is 10.5 Å². The number of nitrogens with zero attached hydrogens (tertiary/aromatic N) is 1. The number of thioether (sulfide) groups is 1. The number of methoxy groups -OCH3 is 1. The second kappa shape index (κ2) is 5.52. The fourth-order valence-electron chi connectivity index (χ4n) is 1.97. The highest BCUT2D eigenvalue weighted by molar-refractivity contribution is 8.00. The Morgan fingerprint density at radius 3 is 2.79 bits per heavy atom. The molecule has 0 spiro atoms. The highest BCUT2D eigenvalue weighted by atomic mass is 32.2. The van der Waals surface area contributed by atoms with Gasteiger partial charge in [0.05, 0.1) is 12.4 Å². The summed E-state index contributed by atoms with van der Waals surface area (Å²) in [6.45, 7) is 2.21. The Kier molecular flexibility index (Phi) is 3.99. The molecule has 5 nitrogen and oxygen atoms in total. The van der Waals surface area contributed by atoms with Crippen molar-refractivity contribution in [3.05, 3.63) is 18.2 Å². The number of ether oxygens (including phenoxy) is 1. The second-order valence-corrected chi connectivity index (χ2v) is 5.44. The molecule has 6 heteroatoms. The average Bonchev–Trinajstić information content (AvgIpc) is 2.66. The molecule has 1 saturated heterocycles. The largest absolute Gasteiger partial charge is 0.497 e. The number of anilines is 1. The van der Waals surface area contributed by atoms with Gasteiger partial charge in [-0.05, 0) is 25.1 Å². The second-order valence-electron chi connectivity index (χ2n) is 4.19. The molecule has 2 N–H and O–H groups in total. The van der Waals surface area contributed by atoms with Crippen LogP contribution in [0.1, 0.15) is 13.3 Å². The fraction of sp³-hybridized carbons (Fsp3) is 0.385. The van der Waals surface area contributed by atoms with Crippen molar-refractivity contribution >= 4 is 29.3 Å². The Balaban J connectivity index is 2.18. The van der Waals surface area contributed by atoms with Gasteiger partial charge in [0.15, 0.2) is 0 Å². The number of hydrogen-bond acceptors (Lipinski definition) is 5. The number of nitrogens with two attached hydrogens (primary N) is 1. The summed E-state index contributed by atoms with van der Waals surface area (Å²) >= 11 is 1.32. The summed E-state index contributed by atoms with van der Waals surface area (Å²) in [6, 6.07) is 5.28. The molecule has 2 amide bonds. The van der Waals surface area contributed by atoms with E-state index in [4.69, 9.17) is 10.5 Å². The van der Waals surface area contributed by atoms with E-state index in [-0.39, 0.29) is 23.5 Å². The van der Waals surface area contributed by atoms with Crippen LogP contribution in [0.5, 0.6) is 5.75 Å². The number of rotatable bonds is 4. The Hall–Kier alpha value is -1.69. The van der Waals surface area contributed by atoms with E-state index in [1.54, 1.807) is 32.2 Å². The molecule has 0 aliphatic carbocycles. The van der Waals surface area contributed by atoms with Gasteiger partial charge in [0.2, 0.25) is 11.8 Å². The van der Waals surface area contributed by atoms with E-state index >= 15 is 0 Å². The monoisotopic (exact) mass is 280 g/mol. The van der Waals surface area contributed by atoms with Crippen LogP contribution >= 0.6 is 11.8 Å². The number of carbonyl (C=O) groups is 2. The number of benzene rings is 1. The maximum Gasteiger partial charge on any atom is 0.243 e. The Morgan fingerprint density at radius 1 is 1.47 bits per heavy atom. The summed E-state index contributed by atoms with van der Waals surface area (Å²) in [5.41, 5.74) is 6.47. The van der Waals surface area contributed by atoms with Gasteiger partial charge in [-0.2, -0.15) is 0 Å². The lowest BCUT2D eigenvalue weighted by atomic mass is 10.3. The van der Waals surface area contributed by atoms with E-state index in [9.17, 15) is 9.59 Å². The maximum atomic E-state index is 12.0.